The van der Waals surface area contributed by atoms with Gasteiger partial charge < -0.3 is 15.2 Å². The van der Waals surface area contributed by atoms with Crippen LogP contribution in [0.2, 0.25) is 0 Å². The largest absolute Gasteiger partial charge is 0.342 e. The summed E-state index contributed by atoms with van der Waals surface area (Å²) in [5.41, 5.74) is 5.64. The molecule has 1 aromatic heterocycles. The molecule has 1 amide bonds. The highest BCUT2D eigenvalue weighted by Gasteiger charge is 2.19. The van der Waals surface area contributed by atoms with Gasteiger partial charge in [0.1, 0.15) is 5.82 Å². The molecule has 7 heteroatoms. The fraction of sp³-hybridized carbons (Fsp3) is 0.750. The van der Waals surface area contributed by atoms with Gasteiger partial charge in [0, 0.05) is 19.6 Å². The summed E-state index contributed by atoms with van der Waals surface area (Å²) in [6.07, 6.45) is 3.25. The lowest BCUT2D eigenvalue weighted by atomic mass is 10.4. The number of nitrogens with zero attached hydrogens (tertiary/aromatic N) is 4. The van der Waals surface area contributed by atoms with E-state index in [-0.39, 0.29) is 5.91 Å². The summed E-state index contributed by atoms with van der Waals surface area (Å²) >= 11 is 1.46. The molecule has 1 saturated heterocycles. The van der Waals surface area contributed by atoms with E-state index in [4.69, 9.17) is 5.73 Å². The smallest absolute Gasteiger partial charge is 0.233 e. The minimum absolute atomic E-state index is 0.197. The quantitative estimate of drug-likeness (QED) is 0.784. The number of nitrogens with two attached hydrogens (primary N) is 1. The Morgan fingerprint density at radius 3 is 2.74 bits per heavy atom. The van der Waals surface area contributed by atoms with Crippen LogP contribution in [0.5, 0.6) is 0 Å². The molecule has 0 atom stereocenters. The highest BCUT2D eigenvalue weighted by molar-refractivity contribution is 7.99. The summed E-state index contributed by atoms with van der Waals surface area (Å²) in [4.78, 5) is 13.9. The first-order valence-corrected chi connectivity index (χ1v) is 7.77. The van der Waals surface area contributed by atoms with Crippen molar-refractivity contribution in [1.29, 1.82) is 0 Å². The summed E-state index contributed by atoms with van der Waals surface area (Å²) in [6.45, 7) is 5.13. The molecule has 0 spiro atoms. The van der Waals surface area contributed by atoms with Crippen molar-refractivity contribution in [3.63, 3.8) is 0 Å². The van der Waals surface area contributed by atoms with E-state index < -0.39 is 0 Å². The average molecular weight is 283 g/mol. The number of hydrogen-bond acceptors (Lipinski definition) is 5. The molecule has 1 aliphatic heterocycles. The molecule has 1 aliphatic rings. The third kappa shape index (κ3) is 3.48. The number of aromatic nitrogens is 3. The fourth-order valence-electron chi connectivity index (χ4n) is 2.21. The van der Waals surface area contributed by atoms with Gasteiger partial charge in [-0.3, -0.25) is 4.79 Å². The number of amides is 1. The summed E-state index contributed by atoms with van der Waals surface area (Å²) in [7, 11) is 0. The first-order chi connectivity index (χ1) is 9.26. The molecule has 0 aromatic carbocycles. The molecular formula is C12H21N5OS. The van der Waals surface area contributed by atoms with Crippen molar-refractivity contribution in [3.8, 4) is 0 Å². The first kappa shape index (κ1) is 14.3. The fourth-order valence-corrected chi connectivity index (χ4v) is 3.10. The van der Waals surface area contributed by atoms with E-state index in [0.29, 0.717) is 12.3 Å². The van der Waals surface area contributed by atoms with Crippen molar-refractivity contribution in [2.24, 2.45) is 5.73 Å². The Bertz CT molecular complexity index is 428. The summed E-state index contributed by atoms with van der Waals surface area (Å²) in [5.74, 6) is 1.42. The normalized spacial score (nSPS) is 15.2. The zero-order valence-corrected chi connectivity index (χ0v) is 12.2. The Kier molecular flexibility index (Phi) is 5.21. The minimum atomic E-state index is 0.197. The first-order valence-electron chi connectivity index (χ1n) is 6.79. The second kappa shape index (κ2) is 6.91. The Morgan fingerprint density at radius 2 is 2.11 bits per heavy atom. The van der Waals surface area contributed by atoms with Crippen molar-refractivity contribution in [2.75, 3.05) is 18.8 Å². The third-order valence-electron chi connectivity index (χ3n) is 3.21. The monoisotopic (exact) mass is 283 g/mol. The molecule has 106 valence electrons. The standard InChI is InChI=1S/C12H21N5OS/c1-2-5-17-10(8-13)14-15-12(17)19-9-11(18)16-6-3-4-7-16/h2-9,13H2,1H3. The number of thioether (sulfide) groups is 1. The van der Waals surface area contributed by atoms with Crippen LogP contribution in [0.15, 0.2) is 5.16 Å². The number of rotatable bonds is 6. The van der Waals surface area contributed by atoms with Crippen LogP contribution in [-0.2, 0) is 17.9 Å². The molecule has 6 nitrogen and oxygen atoms in total. The van der Waals surface area contributed by atoms with Gasteiger partial charge in [0.2, 0.25) is 5.91 Å². The third-order valence-corrected chi connectivity index (χ3v) is 4.16. The highest BCUT2D eigenvalue weighted by atomic mass is 32.2. The van der Waals surface area contributed by atoms with Gasteiger partial charge in [-0.1, -0.05) is 18.7 Å². The average Bonchev–Trinajstić information content (AvgIpc) is 3.06. The molecule has 0 unspecified atom stereocenters. The predicted octanol–water partition coefficient (Wildman–Crippen LogP) is 0.861. The zero-order valence-electron chi connectivity index (χ0n) is 11.3. The van der Waals surface area contributed by atoms with Gasteiger partial charge in [0.25, 0.3) is 0 Å². The Morgan fingerprint density at radius 1 is 1.37 bits per heavy atom. The second-order valence-electron chi connectivity index (χ2n) is 4.63. The minimum Gasteiger partial charge on any atom is -0.342 e. The lowest BCUT2D eigenvalue weighted by molar-refractivity contribution is -0.127. The molecule has 19 heavy (non-hydrogen) atoms. The Hall–Kier alpha value is -1.08. The van der Waals surface area contributed by atoms with Crippen LogP contribution in [0, 0.1) is 0 Å². The predicted molar refractivity (Wildman–Crippen MR) is 74.7 cm³/mol. The van der Waals surface area contributed by atoms with E-state index in [1.165, 1.54) is 11.8 Å². The van der Waals surface area contributed by atoms with Crippen LogP contribution in [0.4, 0.5) is 0 Å². The molecule has 2 N–H and O–H groups in total. The Balaban J connectivity index is 1.94. The van der Waals surface area contributed by atoms with Crippen molar-refractivity contribution >= 4 is 17.7 Å². The van der Waals surface area contributed by atoms with Crippen molar-refractivity contribution < 1.29 is 4.79 Å². The van der Waals surface area contributed by atoms with Crippen molar-refractivity contribution in [2.45, 2.75) is 44.4 Å². The van der Waals surface area contributed by atoms with Gasteiger partial charge in [-0.25, -0.2) is 0 Å². The van der Waals surface area contributed by atoms with Gasteiger partial charge >= 0.3 is 0 Å². The van der Waals surface area contributed by atoms with Crippen LogP contribution in [-0.4, -0.2) is 44.4 Å². The molecule has 2 heterocycles. The van der Waals surface area contributed by atoms with E-state index in [2.05, 4.69) is 17.1 Å². The van der Waals surface area contributed by atoms with Gasteiger partial charge in [-0.2, -0.15) is 0 Å². The van der Waals surface area contributed by atoms with Crippen molar-refractivity contribution in [3.05, 3.63) is 5.82 Å². The van der Waals surface area contributed by atoms with E-state index in [9.17, 15) is 4.79 Å². The van der Waals surface area contributed by atoms with Crippen LogP contribution < -0.4 is 5.73 Å². The van der Waals surface area contributed by atoms with Gasteiger partial charge in [-0.05, 0) is 19.3 Å². The number of carbonyl (C=O) groups excluding carboxylic acids is 1. The molecule has 1 aromatic rings. The maximum absolute atomic E-state index is 12.0. The molecule has 0 radical (unpaired) electrons. The van der Waals surface area contributed by atoms with E-state index in [0.717, 1.165) is 49.9 Å². The number of hydrogen-bond donors (Lipinski definition) is 1. The molecule has 0 saturated carbocycles. The van der Waals surface area contributed by atoms with Crippen molar-refractivity contribution in [1.82, 2.24) is 19.7 Å². The van der Waals surface area contributed by atoms with Crippen LogP contribution in [0.3, 0.4) is 0 Å². The highest BCUT2D eigenvalue weighted by Crippen LogP contribution is 2.19. The number of likely N-dealkylation sites (tertiary alicyclic amines) is 1. The van der Waals surface area contributed by atoms with E-state index in [1.807, 2.05) is 9.47 Å². The molecule has 1 fully saturated rings. The van der Waals surface area contributed by atoms with Crippen LogP contribution in [0.25, 0.3) is 0 Å². The van der Waals surface area contributed by atoms with Crippen LogP contribution in [0.1, 0.15) is 32.0 Å². The summed E-state index contributed by atoms with van der Waals surface area (Å²) in [5, 5.41) is 9.00. The molecule has 0 bridgehead atoms. The second-order valence-corrected chi connectivity index (χ2v) is 5.57. The van der Waals surface area contributed by atoms with Gasteiger partial charge in [-0.15, -0.1) is 10.2 Å². The molecule has 0 aliphatic carbocycles. The summed E-state index contributed by atoms with van der Waals surface area (Å²) in [6, 6.07) is 0. The molecular weight excluding hydrogens is 262 g/mol. The Labute approximate surface area is 117 Å². The summed E-state index contributed by atoms with van der Waals surface area (Å²) < 4.78 is 2.02. The maximum atomic E-state index is 12.0. The maximum Gasteiger partial charge on any atom is 0.233 e. The lowest BCUT2D eigenvalue weighted by Crippen LogP contribution is -2.29. The van der Waals surface area contributed by atoms with Gasteiger partial charge in [0.05, 0.1) is 12.3 Å². The van der Waals surface area contributed by atoms with Gasteiger partial charge in [0.15, 0.2) is 5.16 Å². The van der Waals surface area contributed by atoms with E-state index >= 15 is 0 Å². The SMILES string of the molecule is CCCn1c(CN)nnc1SCC(=O)N1CCCC1. The number of carbonyl (C=O) groups is 1. The topological polar surface area (TPSA) is 77.0 Å². The lowest BCUT2D eigenvalue weighted by Gasteiger charge is -2.14. The molecule has 2 rings (SSSR count). The van der Waals surface area contributed by atoms with E-state index in [1.54, 1.807) is 0 Å². The van der Waals surface area contributed by atoms with Crippen LogP contribution >= 0.6 is 11.8 Å². The zero-order chi connectivity index (χ0) is 13.7.